The molecule has 0 bridgehead atoms. The van der Waals surface area contributed by atoms with E-state index in [0.29, 0.717) is 11.3 Å². The molecule has 0 aliphatic heterocycles. The Balaban J connectivity index is 1.80. The van der Waals surface area contributed by atoms with Gasteiger partial charge in [-0.3, -0.25) is 19.4 Å². The van der Waals surface area contributed by atoms with Gasteiger partial charge in [-0.1, -0.05) is 12.1 Å². The lowest BCUT2D eigenvalue weighted by Gasteiger charge is -2.25. The first-order valence-electron chi connectivity index (χ1n) is 8.83. The van der Waals surface area contributed by atoms with Crippen LogP contribution in [-0.4, -0.2) is 55.1 Å². The molecule has 1 atom stereocenters. The molecule has 2 N–H and O–H groups in total. The van der Waals surface area contributed by atoms with Gasteiger partial charge in [-0.05, 0) is 25.5 Å². The number of aryl methyl sites for hydroxylation is 1. The molecule has 30 heavy (non-hydrogen) atoms. The molecule has 0 aliphatic carbocycles. The Morgan fingerprint density at radius 3 is 2.37 bits per heavy atom. The van der Waals surface area contributed by atoms with E-state index in [4.69, 9.17) is 5.21 Å². The van der Waals surface area contributed by atoms with Gasteiger partial charge in [0.25, 0.3) is 11.5 Å². The van der Waals surface area contributed by atoms with Gasteiger partial charge in [-0.25, -0.2) is 18.9 Å². The largest absolute Gasteiger partial charge is 0.299 e. The van der Waals surface area contributed by atoms with Crippen molar-refractivity contribution < 1.29 is 18.4 Å². The van der Waals surface area contributed by atoms with Crippen LogP contribution in [0, 0.1) is 0 Å². The molecule has 2 heterocycles. The van der Waals surface area contributed by atoms with Crippen molar-refractivity contribution in [2.45, 2.75) is 24.6 Å². The maximum atomic E-state index is 12.5. The summed E-state index contributed by atoms with van der Waals surface area (Å²) < 4.78 is 23.4. The third-order valence-corrected chi connectivity index (χ3v) is 6.95. The van der Waals surface area contributed by atoms with Gasteiger partial charge in [-0.2, -0.15) is 15.0 Å². The van der Waals surface area contributed by atoms with Crippen LogP contribution in [0.15, 0.2) is 53.8 Å². The summed E-state index contributed by atoms with van der Waals surface area (Å²) in [5.41, 5.74) is 2.87. The van der Waals surface area contributed by atoms with Crippen molar-refractivity contribution >= 4 is 15.7 Å². The second kappa shape index (κ2) is 8.16. The number of benzene rings is 1. The number of hydrogen-bond donors (Lipinski definition) is 2. The van der Waals surface area contributed by atoms with Crippen molar-refractivity contribution in [3.05, 3.63) is 59.4 Å². The number of carbonyl (C=O) groups is 1. The minimum Gasteiger partial charge on any atom is -0.299 e. The highest BCUT2D eigenvalue weighted by atomic mass is 32.2. The van der Waals surface area contributed by atoms with E-state index in [0.717, 1.165) is 11.9 Å². The zero-order chi connectivity index (χ0) is 21.9. The van der Waals surface area contributed by atoms with Gasteiger partial charge in [0, 0.05) is 24.4 Å². The van der Waals surface area contributed by atoms with E-state index in [1.807, 2.05) is 0 Å². The minimum absolute atomic E-state index is 0.0764. The maximum Gasteiger partial charge on any atom is 0.264 e. The molecule has 11 nitrogen and oxygen atoms in total. The zero-order valence-corrected chi connectivity index (χ0v) is 17.1. The summed E-state index contributed by atoms with van der Waals surface area (Å²) in [6.45, 7) is 1.11. The Morgan fingerprint density at radius 1 is 1.20 bits per heavy atom. The first kappa shape index (κ1) is 21.3. The summed E-state index contributed by atoms with van der Waals surface area (Å²) in [6, 6.07) is 8.44. The third kappa shape index (κ3) is 4.14. The van der Waals surface area contributed by atoms with Gasteiger partial charge in [0.05, 0.1) is 30.1 Å². The summed E-state index contributed by atoms with van der Waals surface area (Å²) in [4.78, 5) is 30.1. The van der Waals surface area contributed by atoms with Crippen LogP contribution in [0.2, 0.25) is 0 Å². The fraction of sp³-hybridized carbons (Fsp3) is 0.278. The lowest BCUT2D eigenvalue weighted by atomic mass is 10.1. The number of nitrogens with one attached hydrogen (secondary N) is 1. The molecule has 3 rings (SSSR count). The van der Waals surface area contributed by atoms with Crippen molar-refractivity contribution in [2.75, 3.05) is 6.26 Å². The van der Waals surface area contributed by atoms with Crippen molar-refractivity contribution in [2.24, 2.45) is 0 Å². The monoisotopic (exact) mass is 432 g/mol. The second-order valence-corrected chi connectivity index (χ2v) is 9.31. The Bertz CT molecular complexity index is 1200. The number of hydrogen-bond acceptors (Lipinski definition) is 8. The van der Waals surface area contributed by atoms with Crippen LogP contribution < -0.4 is 11.0 Å². The Labute approximate surface area is 171 Å². The number of hydroxylamine groups is 1. The molecule has 3 aromatic rings. The van der Waals surface area contributed by atoms with Crippen LogP contribution in [0.1, 0.15) is 13.3 Å². The maximum absolute atomic E-state index is 12.5. The molecule has 1 aromatic carbocycles. The van der Waals surface area contributed by atoms with Crippen LogP contribution in [0.3, 0.4) is 0 Å². The number of sulfone groups is 1. The first-order valence-corrected chi connectivity index (χ1v) is 10.7. The van der Waals surface area contributed by atoms with E-state index in [1.54, 1.807) is 36.7 Å². The molecule has 2 aromatic heterocycles. The molecule has 12 heteroatoms. The number of nitrogens with zero attached hydrogens (tertiary/aromatic N) is 5. The second-order valence-electron chi connectivity index (χ2n) is 6.87. The van der Waals surface area contributed by atoms with Crippen LogP contribution in [0.4, 0.5) is 0 Å². The van der Waals surface area contributed by atoms with E-state index in [-0.39, 0.29) is 13.0 Å². The highest BCUT2D eigenvalue weighted by molar-refractivity contribution is 7.92. The predicted octanol–water partition coefficient (Wildman–Crippen LogP) is 0.190. The van der Waals surface area contributed by atoms with Gasteiger partial charge in [-0.15, -0.1) is 0 Å². The number of rotatable bonds is 7. The van der Waals surface area contributed by atoms with Crippen molar-refractivity contribution in [1.29, 1.82) is 0 Å². The van der Waals surface area contributed by atoms with Gasteiger partial charge < -0.3 is 0 Å². The molecule has 158 valence electrons. The third-order valence-electron chi connectivity index (χ3n) is 4.92. The average Bonchev–Trinajstić information content (AvgIpc) is 3.26. The lowest BCUT2D eigenvalue weighted by Crippen LogP contribution is -2.50. The van der Waals surface area contributed by atoms with Crippen molar-refractivity contribution in [1.82, 2.24) is 30.0 Å². The zero-order valence-electron chi connectivity index (χ0n) is 16.3. The van der Waals surface area contributed by atoms with Gasteiger partial charge >= 0.3 is 0 Å². The molecule has 0 radical (unpaired) electrons. The van der Waals surface area contributed by atoms with Gasteiger partial charge in [0.1, 0.15) is 0 Å². The van der Waals surface area contributed by atoms with E-state index in [2.05, 4.69) is 15.2 Å². The SMILES string of the molecule is C[C@@](CCn1cnc(-c2ccc(-n3nccn3)cc2)cc1=O)(C(=O)NO)S(C)(=O)=O. The van der Waals surface area contributed by atoms with Crippen molar-refractivity contribution in [3.63, 3.8) is 0 Å². The summed E-state index contributed by atoms with van der Waals surface area (Å²) in [7, 11) is -3.85. The predicted molar refractivity (Wildman–Crippen MR) is 107 cm³/mol. The molecule has 0 unspecified atom stereocenters. The fourth-order valence-electron chi connectivity index (χ4n) is 2.79. The molecular weight excluding hydrogens is 412 g/mol. The summed E-state index contributed by atoms with van der Waals surface area (Å²) in [5.74, 6) is -1.06. The summed E-state index contributed by atoms with van der Waals surface area (Å²) >= 11 is 0. The first-order chi connectivity index (χ1) is 14.2. The normalized spacial score (nSPS) is 13.6. The Kier molecular flexibility index (Phi) is 5.80. The highest BCUT2D eigenvalue weighted by Crippen LogP contribution is 2.22. The van der Waals surface area contributed by atoms with E-state index in [1.165, 1.54) is 34.2 Å². The number of aromatic nitrogens is 5. The number of carbonyl (C=O) groups excluding carboxylic acids is 1. The minimum atomic E-state index is -3.85. The molecular formula is C18H20N6O5S. The molecule has 0 spiro atoms. The average molecular weight is 432 g/mol. The Hall–Kier alpha value is -3.38. The van der Waals surface area contributed by atoms with E-state index in [9.17, 15) is 18.0 Å². The summed E-state index contributed by atoms with van der Waals surface area (Å²) in [6.07, 6.45) is 5.10. The highest BCUT2D eigenvalue weighted by Gasteiger charge is 2.43. The summed E-state index contributed by atoms with van der Waals surface area (Å²) in [5, 5.41) is 17.0. The topological polar surface area (TPSA) is 149 Å². The van der Waals surface area contributed by atoms with Gasteiger partial charge in [0.15, 0.2) is 14.6 Å². The Morgan fingerprint density at radius 2 is 1.83 bits per heavy atom. The van der Waals surface area contributed by atoms with E-state index < -0.39 is 26.1 Å². The van der Waals surface area contributed by atoms with Crippen LogP contribution in [-0.2, 0) is 21.2 Å². The fourth-order valence-corrected chi connectivity index (χ4v) is 3.63. The van der Waals surface area contributed by atoms with Crippen LogP contribution in [0.5, 0.6) is 0 Å². The standard InChI is InChI=1S/C18H20N6O5S/c1-18(17(26)22-27,30(2,28)29)7-10-23-12-19-15(11-16(23)25)13-3-5-14(6-4-13)24-20-8-9-21-24/h3-6,8-9,11-12,27H,7,10H2,1-2H3,(H,22,26)/t18-/m1/s1. The quantitative estimate of drug-likeness (QED) is 0.397. The lowest BCUT2D eigenvalue weighted by molar-refractivity contribution is -0.131. The van der Waals surface area contributed by atoms with E-state index >= 15 is 0 Å². The van der Waals surface area contributed by atoms with Crippen LogP contribution >= 0.6 is 0 Å². The van der Waals surface area contributed by atoms with Gasteiger partial charge in [0.2, 0.25) is 0 Å². The smallest absolute Gasteiger partial charge is 0.264 e. The van der Waals surface area contributed by atoms with Crippen LogP contribution in [0.25, 0.3) is 16.9 Å². The molecule has 0 saturated heterocycles. The number of amides is 1. The molecule has 0 saturated carbocycles. The molecule has 0 aliphatic rings. The molecule has 0 fully saturated rings. The molecule has 1 amide bonds. The van der Waals surface area contributed by atoms with Crippen molar-refractivity contribution in [3.8, 4) is 16.9 Å².